The van der Waals surface area contributed by atoms with Crippen LogP contribution in [0.25, 0.3) is 11.1 Å². The molecule has 0 aromatic heterocycles. The normalized spacial score (nSPS) is 26.5. The molecule has 0 bridgehead atoms. The molecular weight excluding hydrogens is 483 g/mol. The quantitative estimate of drug-likeness (QED) is 0.400. The molecule has 1 N–H and O–H groups in total. The average molecular weight is 514 g/mol. The molecule has 2 fully saturated rings. The van der Waals surface area contributed by atoms with Crippen LogP contribution in [0.5, 0.6) is 0 Å². The molecular formula is C26H30F5N2OS+. The second kappa shape index (κ2) is 10.1. The summed E-state index contributed by atoms with van der Waals surface area (Å²) < 4.78 is 77.2. The van der Waals surface area contributed by atoms with E-state index in [2.05, 4.69) is 4.72 Å². The van der Waals surface area contributed by atoms with Crippen molar-refractivity contribution in [1.82, 2.24) is 9.62 Å². The molecule has 2 aromatic rings. The molecule has 35 heavy (non-hydrogen) atoms. The van der Waals surface area contributed by atoms with Crippen LogP contribution in [-0.2, 0) is 22.3 Å². The fourth-order valence-corrected chi connectivity index (χ4v) is 5.98. The number of nitrogens with zero attached hydrogens (tertiary/aromatic N) is 1. The number of nitrogens with one attached hydrogen (secondary N) is 1. The van der Waals surface area contributed by atoms with Crippen LogP contribution in [0.4, 0.5) is 22.0 Å². The molecule has 3 atom stereocenters. The van der Waals surface area contributed by atoms with E-state index in [9.17, 15) is 13.6 Å². The van der Waals surface area contributed by atoms with Gasteiger partial charge in [-0.05, 0) is 55.9 Å². The summed E-state index contributed by atoms with van der Waals surface area (Å²) in [6.07, 6.45) is 2.96. The van der Waals surface area contributed by atoms with Crippen LogP contribution in [-0.4, -0.2) is 47.4 Å². The summed E-state index contributed by atoms with van der Waals surface area (Å²) in [5.74, 6) is -5.11. The zero-order valence-electron chi connectivity index (χ0n) is 20.0. The Kier molecular flexibility index (Phi) is 7.48. The number of amides is 1. The first-order valence-electron chi connectivity index (χ1n) is 11.8. The Bertz CT molecular complexity index is 1090. The molecule has 3 nitrogen and oxygen atoms in total. The number of hydrogen-bond acceptors (Lipinski definition) is 2. The Labute approximate surface area is 205 Å². The van der Waals surface area contributed by atoms with Gasteiger partial charge in [0.2, 0.25) is 5.91 Å². The average Bonchev–Trinajstić information content (AvgIpc) is 3.04. The first-order valence-corrected chi connectivity index (χ1v) is 13.6. The third-order valence-electron chi connectivity index (χ3n) is 7.11. The Morgan fingerprint density at radius 2 is 1.86 bits per heavy atom. The highest BCUT2D eigenvalue weighted by atomic mass is 32.2. The Balaban J connectivity index is 1.70. The van der Waals surface area contributed by atoms with Crippen LogP contribution >= 0.6 is 0 Å². The monoisotopic (exact) mass is 513 g/mol. The molecule has 190 valence electrons. The van der Waals surface area contributed by atoms with Gasteiger partial charge in [0.05, 0.1) is 23.7 Å². The summed E-state index contributed by atoms with van der Waals surface area (Å²) in [5, 5.41) is 0. The molecule has 1 amide bonds. The van der Waals surface area contributed by atoms with E-state index in [-0.39, 0.29) is 34.9 Å². The molecule has 4 rings (SSSR count). The molecule has 1 aliphatic heterocycles. The summed E-state index contributed by atoms with van der Waals surface area (Å²) in [7, 11) is 0. The second-order valence-electron chi connectivity index (χ2n) is 9.70. The smallest absolute Gasteiger partial charge is 0.286 e. The lowest BCUT2D eigenvalue weighted by Crippen LogP contribution is -2.53. The zero-order valence-corrected chi connectivity index (χ0v) is 20.8. The van der Waals surface area contributed by atoms with Gasteiger partial charge in [-0.1, -0.05) is 25.1 Å². The third-order valence-corrected chi connectivity index (χ3v) is 8.64. The first kappa shape index (κ1) is 25.9. The van der Waals surface area contributed by atoms with E-state index in [0.29, 0.717) is 24.5 Å². The lowest BCUT2D eigenvalue weighted by Gasteiger charge is -2.37. The zero-order chi connectivity index (χ0) is 25.5. The van der Waals surface area contributed by atoms with Crippen LogP contribution in [0.15, 0.2) is 36.4 Å². The Morgan fingerprint density at radius 1 is 1.14 bits per heavy atom. The number of carbonyl (C=O) groups is 1. The molecule has 9 heteroatoms. The highest BCUT2D eigenvalue weighted by Gasteiger charge is 2.58. The number of rotatable bonds is 7. The van der Waals surface area contributed by atoms with Crippen molar-refractivity contribution in [3.8, 4) is 11.1 Å². The topological polar surface area (TPSA) is 32.3 Å². The molecule has 2 aliphatic rings. The van der Waals surface area contributed by atoms with E-state index in [4.69, 9.17) is 0 Å². The second-order valence-corrected chi connectivity index (χ2v) is 11.8. The number of likely N-dealkylation sites (tertiary alicyclic amines) is 1. The van der Waals surface area contributed by atoms with Crippen LogP contribution in [0.3, 0.4) is 0 Å². The first-order chi connectivity index (χ1) is 16.5. The summed E-state index contributed by atoms with van der Waals surface area (Å²) in [5.41, 5.74) is -0.315. The van der Waals surface area contributed by atoms with Crippen LogP contribution in [0.2, 0.25) is 0 Å². The SMILES string of the molecule is CC[S+](C)N[C@@H]1[C@H](Cc2cccc(-c3cc(F)ccc3F)c2F)N(C(=O)C2CC(C)C2)CC1(F)F. The van der Waals surface area contributed by atoms with E-state index in [1.54, 1.807) is 0 Å². The van der Waals surface area contributed by atoms with E-state index in [1.165, 1.54) is 23.1 Å². The van der Waals surface area contributed by atoms with Gasteiger partial charge in [-0.15, -0.1) is 4.72 Å². The minimum atomic E-state index is -3.19. The molecule has 0 spiro atoms. The van der Waals surface area contributed by atoms with E-state index < -0.39 is 53.1 Å². The minimum absolute atomic E-state index is 0.0768. The maximum absolute atomic E-state index is 15.6. The van der Waals surface area contributed by atoms with Crippen molar-refractivity contribution in [2.75, 3.05) is 18.6 Å². The van der Waals surface area contributed by atoms with Crippen molar-refractivity contribution in [3.05, 3.63) is 59.4 Å². The maximum Gasteiger partial charge on any atom is 0.286 e. The van der Waals surface area contributed by atoms with Crippen LogP contribution in [0, 0.1) is 29.3 Å². The van der Waals surface area contributed by atoms with Gasteiger partial charge in [-0.3, -0.25) is 4.79 Å². The molecule has 1 heterocycles. The highest BCUT2D eigenvalue weighted by molar-refractivity contribution is 7.94. The molecule has 2 aromatic carbocycles. The van der Waals surface area contributed by atoms with Crippen molar-refractivity contribution in [2.45, 2.75) is 51.1 Å². The van der Waals surface area contributed by atoms with Crippen LogP contribution < -0.4 is 4.72 Å². The fraction of sp³-hybridized carbons (Fsp3) is 0.500. The molecule has 0 radical (unpaired) electrons. The largest absolute Gasteiger partial charge is 0.331 e. The number of alkyl halides is 2. The van der Waals surface area contributed by atoms with Crippen LogP contribution in [0.1, 0.15) is 32.3 Å². The minimum Gasteiger partial charge on any atom is -0.331 e. The maximum atomic E-state index is 15.6. The molecule has 1 saturated heterocycles. The third kappa shape index (κ3) is 5.21. The number of carbonyl (C=O) groups excluding carboxylic acids is 1. The predicted molar refractivity (Wildman–Crippen MR) is 129 cm³/mol. The van der Waals surface area contributed by atoms with Crippen molar-refractivity contribution >= 4 is 17.0 Å². The lowest BCUT2D eigenvalue weighted by atomic mass is 9.75. The summed E-state index contributed by atoms with van der Waals surface area (Å²) in [4.78, 5) is 14.4. The van der Waals surface area contributed by atoms with Gasteiger partial charge in [0, 0.05) is 17.0 Å². The Hall–Kier alpha value is -2.13. The fourth-order valence-electron chi connectivity index (χ4n) is 5.05. The van der Waals surface area contributed by atoms with Crippen molar-refractivity contribution in [1.29, 1.82) is 0 Å². The van der Waals surface area contributed by atoms with Gasteiger partial charge in [-0.25, -0.2) is 22.0 Å². The summed E-state index contributed by atoms with van der Waals surface area (Å²) >= 11 is -0.523. The van der Waals surface area contributed by atoms with Gasteiger partial charge < -0.3 is 4.90 Å². The van der Waals surface area contributed by atoms with Gasteiger partial charge in [0.15, 0.2) is 0 Å². The number of hydrogen-bond donors (Lipinski definition) is 1. The number of benzene rings is 2. The van der Waals surface area contributed by atoms with Gasteiger partial charge in [-0.2, -0.15) is 0 Å². The molecule has 1 aliphatic carbocycles. The van der Waals surface area contributed by atoms with Gasteiger partial charge in [0.1, 0.15) is 35.5 Å². The standard InChI is InChI=1S/C26H30F5N2OS/c1-4-35(3)32-24-22(33(14-26(24,30)31)25(34)17-10-15(2)11-17)12-16-6-5-7-19(23(16)29)20-13-18(27)8-9-21(20)28/h5-9,13,15,17,22,24,32H,4,10-12,14H2,1-3H3/q+1/t15?,17?,22-,24+,35?/m0/s1. The van der Waals surface area contributed by atoms with E-state index in [0.717, 1.165) is 18.2 Å². The van der Waals surface area contributed by atoms with Gasteiger partial charge >= 0.3 is 0 Å². The Morgan fingerprint density at radius 3 is 2.51 bits per heavy atom. The van der Waals surface area contributed by atoms with E-state index >= 15 is 13.2 Å². The van der Waals surface area contributed by atoms with Gasteiger partial charge in [0.25, 0.3) is 5.92 Å². The molecule has 1 unspecified atom stereocenters. The highest BCUT2D eigenvalue weighted by Crippen LogP contribution is 2.41. The summed E-state index contributed by atoms with van der Waals surface area (Å²) in [6.45, 7) is 3.17. The van der Waals surface area contributed by atoms with Crippen molar-refractivity contribution < 1.29 is 26.7 Å². The predicted octanol–water partition coefficient (Wildman–Crippen LogP) is 5.35. The molecule has 1 saturated carbocycles. The number of halogens is 5. The van der Waals surface area contributed by atoms with Crippen molar-refractivity contribution in [2.24, 2.45) is 11.8 Å². The van der Waals surface area contributed by atoms with E-state index in [1.807, 2.05) is 20.1 Å². The lowest BCUT2D eigenvalue weighted by molar-refractivity contribution is -0.141. The summed E-state index contributed by atoms with van der Waals surface area (Å²) in [6, 6.07) is 4.72. The van der Waals surface area contributed by atoms with Crippen molar-refractivity contribution in [3.63, 3.8) is 0 Å².